The number of nitrogens with one attached hydrogen (secondary N) is 1. The maximum Gasteiger partial charge on any atom is 0.118 e. The minimum atomic E-state index is 0.257. The van der Waals surface area contributed by atoms with Crippen LogP contribution in [0.15, 0.2) is 29.2 Å². The van der Waals surface area contributed by atoms with Crippen LogP contribution >= 0.6 is 11.8 Å². The molecule has 1 aromatic carbocycles. The normalized spacial score (nSPS) is 12.1. The Kier molecular flexibility index (Phi) is 5.19. The summed E-state index contributed by atoms with van der Waals surface area (Å²) in [5.74, 6) is 1.12. The maximum atomic E-state index is 7.30. The van der Waals surface area contributed by atoms with Crippen molar-refractivity contribution in [3.8, 4) is 5.75 Å². The quantitative estimate of drug-likeness (QED) is 0.455. The predicted octanol–water partition coefficient (Wildman–Crippen LogP) is 2.89. The Morgan fingerprint density at radius 1 is 1.44 bits per heavy atom. The van der Waals surface area contributed by atoms with Crippen LogP contribution < -0.4 is 10.5 Å². The van der Waals surface area contributed by atoms with Gasteiger partial charge in [-0.15, -0.1) is 11.8 Å². The fraction of sp³-hybridized carbons (Fsp3) is 0.417. The van der Waals surface area contributed by atoms with E-state index >= 15 is 0 Å². The van der Waals surface area contributed by atoms with E-state index in [9.17, 15) is 0 Å². The number of benzene rings is 1. The van der Waals surface area contributed by atoms with Crippen LogP contribution in [0.3, 0.4) is 0 Å². The molecular formula is C12H18N2OS. The molecule has 4 heteroatoms. The Morgan fingerprint density at radius 3 is 2.50 bits per heavy atom. The van der Waals surface area contributed by atoms with Crippen LogP contribution in [0.25, 0.3) is 0 Å². The van der Waals surface area contributed by atoms with Crippen molar-refractivity contribution >= 4 is 17.6 Å². The van der Waals surface area contributed by atoms with E-state index < -0.39 is 0 Å². The van der Waals surface area contributed by atoms with Gasteiger partial charge >= 0.3 is 0 Å². The summed E-state index contributed by atoms with van der Waals surface area (Å²) in [7, 11) is 1.66. The van der Waals surface area contributed by atoms with Crippen molar-refractivity contribution in [1.29, 1.82) is 5.41 Å². The molecule has 0 fully saturated rings. The Labute approximate surface area is 101 Å². The number of thioether (sulfide) groups is 1. The second-order valence-electron chi connectivity index (χ2n) is 3.55. The van der Waals surface area contributed by atoms with Crippen LogP contribution in [-0.2, 0) is 0 Å². The minimum absolute atomic E-state index is 0.257. The fourth-order valence-electron chi connectivity index (χ4n) is 1.36. The molecule has 1 aromatic rings. The first-order chi connectivity index (χ1) is 7.65. The van der Waals surface area contributed by atoms with Crippen LogP contribution in [-0.4, -0.2) is 18.2 Å². The Hall–Kier alpha value is -1.16. The molecule has 0 saturated heterocycles. The summed E-state index contributed by atoms with van der Waals surface area (Å²) in [6, 6.07) is 7.96. The van der Waals surface area contributed by atoms with E-state index in [-0.39, 0.29) is 5.84 Å². The minimum Gasteiger partial charge on any atom is -0.497 e. The highest BCUT2D eigenvalue weighted by molar-refractivity contribution is 8.00. The molecule has 0 bridgehead atoms. The lowest BCUT2D eigenvalue weighted by Gasteiger charge is -2.13. The predicted molar refractivity (Wildman–Crippen MR) is 69.5 cm³/mol. The lowest BCUT2D eigenvalue weighted by Crippen LogP contribution is -2.16. The molecule has 0 aromatic heterocycles. The van der Waals surface area contributed by atoms with E-state index in [1.807, 2.05) is 24.3 Å². The topological polar surface area (TPSA) is 59.1 Å². The van der Waals surface area contributed by atoms with Crippen LogP contribution in [0, 0.1) is 5.41 Å². The van der Waals surface area contributed by atoms with Gasteiger partial charge in [0.15, 0.2) is 0 Å². The number of amidine groups is 1. The highest BCUT2D eigenvalue weighted by Gasteiger charge is 2.09. The maximum absolute atomic E-state index is 7.30. The van der Waals surface area contributed by atoms with Gasteiger partial charge < -0.3 is 10.5 Å². The van der Waals surface area contributed by atoms with Crippen molar-refractivity contribution in [1.82, 2.24) is 0 Å². The Balaban J connectivity index is 2.59. The van der Waals surface area contributed by atoms with E-state index in [0.29, 0.717) is 11.7 Å². The van der Waals surface area contributed by atoms with Gasteiger partial charge in [0.05, 0.1) is 12.9 Å². The summed E-state index contributed by atoms with van der Waals surface area (Å²) in [6.07, 6.45) is 1.66. The summed E-state index contributed by atoms with van der Waals surface area (Å²) < 4.78 is 5.10. The SMILES string of the molecule is CCC(CC(=N)N)Sc1ccc(OC)cc1. The van der Waals surface area contributed by atoms with E-state index in [0.717, 1.165) is 12.2 Å². The molecule has 88 valence electrons. The lowest BCUT2D eigenvalue weighted by atomic mass is 10.2. The van der Waals surface area contributed by atoms with Gasteiger partial charge in [-0.3, -0.25) is 5.41 Å². The number of hydrogen-bond acceptors (Lipinski definition) is 3. The summed E-state index contributed by atoms with van der Waals surface area (Å²) in [5.41, 5.74) is 5.42. The van der Waals surface area contributed by atoms with Gasteiger partial charge in [0, 0.05) is 16.6 Å². The molecule has 1 atom stereocenters. The second kappa shape index (κ2) is 6.43. The van der Waals surface area contributed by atoms with Crippen molar-refractivity contribution in [2.24, 2.45) is 5.73 Å². The lowest BCUT2D eigenvalue weighted by molar-refractivity contribution is 0.414. The van der Waals surface area contributed by atoms with Gasteiger partial charge in [-0.05, 0) is 30.7 Å². The average Bonchev–Trinajstić information content (AvgIpc) is 2.28. The van der Waals surface area contributed by atoms with E-state index in [1.165, 1.54) is 4.90 Å². The molecule has 16 heavy (non-hydrogen) atoms. The van der Waals surface area contributed by atoms with Crippen molar-refractivity contribution in [3.63, 3.8) is 0 Å². The van der Waals surface area contributed by atoms with Crippen LogP contribution in [0.4, 0.5) is 0 Å². The van der Waals surface area contributed by atoms with Crippen molar-refractivity contribution in [2.45, 2.75) is 29.9 Å². The van der Waals surface area contributed by atoms with Crippen molar-refractivity contribution < 1.29 is 4.74 Å². The van der Waals surface area contributed by atoms with Crippen LogP contribution in [0.5, 0.6) is 5.75 Å². The summed E-state index contributed by atoms with van der Waals surface area (Å²) in [6.45, 7) is 2.12. The molecule has 0 amide bonds. The zero-order valence-corrected chi connectivity index (χ0v) is 10.5. The first-order valence-electron chi connectivity index (χ1n) is 5.29. The molecule has 0 aliphatic rings. The molecule has 3 N–H and O–H groups in total. The van der Waals surface area contributed by atoms with Gasteiger partial charge in [-0.1, -0.05) is 6.92 Å². The Morgan fingerprint density at radius 2 is 2.06 bits per heavy atom. The monoisotopic (exact) mass is 238 g/mol. The van der Waals surface area contributed by atoms with Crippen molar-refractivity contribution in [2.75, 3.05) is 7.11 Å². The third-order valence-corrected chi connectivity index (χ3v) is 3.64. The number of hydrogen-bond donors (Lipinski definition) is 2. The van der Waals surface area contributed by atoms with Gasteiger partial charge in [0.1, 0.15) is 5.75 Å². The van der Waals surface area contributed by atoms with Gasteiger partial charge in [-0.2, -0.15) is 0 Å². The third kappa shape index (κ3) is 4.14. The molecular weight excluding hydrogens is 220 g/mol. The van der Waals surface area contributed by atoms with Gasteiger partial charge in [0.25, 0.3) is 0 Å². The number of ether oxygens (including phenoxy) is 1. The highest BCUT2D eigenvalue weighted by Crippen LogP contribution is 2.28. The largest absolute Gasteiger partial charge is 0.497 e. The average molecular weight is 238 g/mol. The van der Waals surface area contributed by atoms with E-state index in [4.69, 9.17) is 15.9 Å². The molecule has 1 unspecified atom stereocenters. The third-order valence-electron chi connectivity index (χ3n) is 2.27. The van der Waals surface area contributed by atoms with E-state index in [1.54, 1.807) is 18.9 Å². The van der Waals surface area contributed by atoms with Crippen LogP contribution in [0.1, 0.15) is 19.8 Å². The number of rotatable bonds is 6. The highest BCUT2D eigenvalue weighted by atomic mass is 32.2. The molecule has 1 rings (SSSR count). The molecule has 0 spiro atoms. The Bertz CT molecular complexity index is 337. The second-order valence-corrected chi connectivity index (χ2v) is 4.93. The molecule has 0 saturated carbocycles. The van der Waals surface area contributed by atoms with Gasteiger partial charge in [0.2, 0.25) is 0 Å². The first kappa shape index (κ1) is 12.9. The molecule has 0 aliphatic carbocycles. The molecule has 0 aliphatic heterocycles. The number of methoxy groups -OCH3 is 1. The van der Waals surface area contributed by atoms with Crippen LogP contribution in [0.2, 0.25) is 0 Å². The first-order valence-corrected chi connectivity index (χ1v) is 6.17. The van der Waals surface area contributed by atoms with Gasteiger partial charge in [-0.25, -0.2) is 0 Å². The summed E-state index contributed by atoms with van der Waals surface area (Å²) >= 11 is 1.76. The fourth-order valence-corrected chi connectivity index (χ4v) is 2.47. The summed E-state index contributed by atoms with van der Waals surface area (Å²) in [4.78, 5) is 1.19. The van der Waals surface area contributed by atoms with Crippen molar-refractivity contribution in [3.05, 3.63) is 24.3 Å². The van der Waals surface area contributed by atoms with E-state index in [2.05, 4.69) is 6.92 Å². The molecule has 0 heterocycles. The molecule has 3 nitrogen and oxygen atoms in total. The zero-order valence-electron chi connectivity index (χ0n) is 9.69. The number of nitrogens with two attached hydrogens (primary N) is 1. The smallest absolute Gasteiger partial charge is 0.118 e. The standard InChI is InChI=1S/C12H18N2OS/c1-3-10(8-12(13)14)16-11-6-4-9(15-2)5-7-11/h4-7,10H,3,8H2,1-2H3,(H3,13,14). The summed E-state index contributed by atoms with van der Waals surface area (Å²) in [5, 5.41) is 7.68. The molecule has 0 radical (unpaired) electrons. The zero-order chi connectivity index (χ0) is 12.0.